The Morgan fingerprint density at radius 3 is 2.12 bits per heavy atom. The molecule has 1 saturated heterocycles. The molecule has 0 saturated carbocycles. The van der Waals surface area contributed by atoms with E-state index in [0.717, 1.165) is 0 Å². The molecule has 0 atom stereocenters. The molecule has 4 heteroatoms. The van der Waals surface area contributed by atoms with E-state index < -0.39 is 31.0 Å². The number of halogens is 2. The summed E-state index contributed by atoms with van der Waals surface area (Å²) in [6.45, 7) is 14.5. The van der Waals surface area contributed by atoms with Crippen LogP contribution in [0.1, 0.15) is 54.4 Å². The minimum absolute atomic E-state index is 0. The predicted molar refractivity (Wildman–Crippen MR) is 96.1 cm³/mol. The third kappa shape index (κ3) is 3.42. The molecule has 3 rings (SSSR count). The van der Waals surface area contributed by atoms with Crippen molar-refractivity contribution in [2.24, 2.45) is 5.41 Å². The molecule has 0 bridgehead atoms. The van der Waals surface area contributed by atoms with Crippen LogP contribution in [0.4, 0.5) is 0 Å². The van der Waals surface area contributed by atoms with Crippen molar-refractivity contribution < 1.29 is 47.7 Å². The predicted octanol–water partition coefficient (Wildman–Crippen LogP) is 0.353. The zero-order chi connectivity index (χ0) is 16.1. The van der Waals surface area contributed by atoms with Crippen LogP contribution in [0.25, 0.3) is 0 Å². The van der Waals surface area contributed by atoms with Crippen LogP contribution >= 0.6 is 0 Å². The van der Waals surface area contributed by atoms with Gasteiger partial charge in [-0.2, -0.15) is 0 Å². The van der Waals surface area contributed by atoms with Gasteiger partial charge in [-0.25, -0.2) is 0 Å². The average Bonchev–Trinajstić information content (AvgIpc) is 2.94. The molecule has 0 unspecified atom stereocenters. The summed E-state index contributed by atoms with van der Waals surface area (Å²) in [7, 11) is -1.02. The molecule has 0 aromatic rings. The van der Waals surface area contributed by atoms with Crippen molar-refractivity contribution >= 4 is 8.07 Å². The van der Waals surface area contributed by atoms with Crippen molar-refractivity contribution in [3.05, 3.63) is 40.7 Å². The molecular formula is C20H30Cl2HfSi. The first-order valence-electron chi connectivity index (χ1n) is 8.90. The molecule has 3 aliphatic rings. The summed E-state index contributed by atoms with van der Waals surface area (Å²) in [4.78, 5) is 0. The monoisotopic (exact) mass is 548 g/mol. The number of allylic oxidation sites excluding steroid dienone is 8. The number of hydrogen-bond acceptors (Lipinski definition) is 0. The molecule has 0 aromatic heterocycles. The van der Waals surface area contributed by atoms with Gasteiger partial charge < -0.3 is 24.8 Å². The molecule has 0 N–H and O–H groups in total. The Balaban J connectivity index is 0.00000144. The summed E-state index contributed by atoms with van der Waals surface area (Å²) >= 11 is -0.873. The molecule has 1 fully saturated rings. The van der Waals surface area contributed by atoms with Crippen molar-refractivity contribution in [1.82, 2.24) is 0 Å². The molecule has 0 aromatic carbocycles. The van der Waals surface area contributed by atoms with Crippen LogP contribution in [-0.4, -0.2) is 8.07 Å². The van der Waals surface area contributed by atoms with Gasteiger partial charge in [0.1, 0.15) is 0 Å². The molecular weight excluding hydrogens is 518 g/mol. The second-order valence-corrected chi connectivity index (χ2v) is 17.7. The van der Waals surface area contributed by atoms with Gasteiger partial charge in [0.15, 0.2) is 0 Å². The van der Waals surface area contributed by atoms with Crippen molar-refractivity contribution in [3.8, 4) is 0 Å². The van der Waals surface area contributed by atoms with Crippen LogP contribution in [-0.2, 0) is 22.9 Å². The Morgan fingerprint density at radius 1 is 1.08 bits per heavy atom. The summed E-state index contributed by atoms with van der Waals surface area (Å²) in [5, 5.41) is 1.93. The Hall–Kier alpha value is 0.627. The van der Waals surface area contributed by atoms with Crippen molar-refractivity contribution in [2.45, 2.75) is 72.5 Å². The van der Waals surface area contributed by atoms with E-state index in [4.69, 9.17) is 0 Å². The maximum absolute atomic E-state index is 2.57. The summed E-state index contributed by atoms with van der Waals surface area (Å²) in [5.41, 5.74) is 5.22. The third-order valence-electron chi connectivity index (χ3n) is 6.83. The number of rotatable bonds is 4. The van der Waals surface area contributed by atoms with E-state index in [1.165, 1.54) is 18.9 Å². The van der Waals surface area contributed by atoms with Crippen LogP contribution in [0, 0.1) is 5.41 Å². The van der Waals surface area contributed by atoms with E-state index >= 15 is 0 Å². The van der Waals surface area contributed by atoms with Gasteiger partial charge in [-0.05, 0) is 0 Å². The minimum Gasteiger partial charge on any atom is -1.00 e. The molecule has 132 valence electrons. The first-order chi connectivity index (χ1) is 10.3. The van der Waals surface area contributed by atoms with Gasteiger partial charge in [-0.15, -0.1) is 0 Å². The second-order valence-electron chi connectivity index (χ2n) is 7.99. The normalized spacial score (nSPS) is 23.8. The van der Waals surface area contributed by atoms with Gasteiger partial charge in [-0.3, -0.25) is 0 Å². The molecule has 0 radical (unpaired) electrons. The van der Waals surface area contributed by atoms with Crippen molar-refractivity contribution in [2.75, 3.05) is 0 Å². The fourth-order valence-electron chi connectivity index (χ4n) is 4.53. The van der Waals surface area contributed by atoms with E-state index in [-0.39, 0.29) is 24.8 Å². The quantitative estimate of drug-likeness (QED) is 0.446. The Labute approximate surface area is 173 Å². The van der Waals surface area contributed by atoms with Gasteiger partial charge in [0.25, 0.3) is 0 Å². The van der Waals surface area contributed by atoms with Gasteiger partial charge >= 0.3 is 150 Å². The molecule has 24 heavy (non-hydrogen) atoms. The zero-order valence-electron chi connectivity index (χ0n) is 15.9. The van der Waals surface area contributed by atoms with Crippen LogP contribution in [0.2, 0.25) is 18.1 Å². The molecule has 0 amide bonds. The van der Waals surface area contributed by atoms with Crippen molar-refractivity contribution in [1.29, 1.82) is 0 Å². The molecule has 2 aliphatic carbocycles. The molecule has 0 spiro atoms. The summed E-state index contributed by atoms with van der Waals surface area (Å²) in [6, 6.07) is 4.64. The zero-order valence-corrected chi connectivity index (χ0v) is 22.1. The SMILES string of the molecule is CC[Si]1(C2=[C]([Hf+2][C]3=C(C)C(C)=C(C)C3(C)C)CC=C2)CCC1.[Cl-].[Cl-]. The molecule has 1 heterocycles. The van der Waals surface area contributed by atoms with Gasteiger partial charge in [0.2, 0.25) is 0 Å². The van der Waals surface area contributed by atoms with Crippen LogP contribution in [0.3, 0.4) is 0 Å². The Morgan fingerprint density at radius 2 is 1.71 bits per heavy atom. The summed E-state index contributed by atoms with van der Waals surface area (Å²) < 4.78 is 3.86. The number of hydrogen-bond donors (Lipinski definition) is 0. The van der Waals surface area contributed by atoms with E-state index in [1.54, 1.807) is 28.8 Å². The van der Waals surface area contributed by atoms with E-state index in [9.17, 15) is 0 Å². The maximum atomic E-state index is 2.57. The van der Waals surface area contributed by atoms with E-state index in [0.29, 0.717) is 5.41 Å². The van der Waals surface area contributed by atoms with Gasteiger partial charge in [0, 0.05) is 0 Å². The summed E-state index contributed by atoms with van der Waals surface area (Å²) in [6.07, 6.45) is 7.87. The van der Waals surface area contributed by atoms with Crippen LogP contribution in [0.5, 0.6) is 0 Å². The largest absolute Gasteiger partial charge is 1.00 e. The Bertz CT molecular complexity index is 629. The second kappa shape index (κ2) is 8.11. The van der Waals surface area contributed by atoms with E-state index in [2.05, 4.69) is 53.7 Å². The maximum Gasteiger partial charge on any atom is -1.00 e. The smallest absolute Gasteiger partial charge is 1.00 e. The van der Waals surface area contributed by atoms with Gasteiger partial charge in [0.05, 0.1) is 0 Å². The Kier molecular flexibility index (Phi) is 7.66. The standard InChI is InChI=1S/C10H15Si.C10H15.2ClH.Hf/c1-2-11(8-5-9-11)10-6-3-4-7-10;1-7-6-10(4,5)9(3)8(7)2;;;/h3,6H,2,4-5,8-9H2,1H3;1-5H3;2*1H;/q;;;;+2/p-2. The van der Waals surface area contributed by atoms with E-state index in [1.807, 2.05) is 11.9 Å². The molecule has 0 nitrogen and oxygen atoms in total. The molecule has 1 aliphatic heterocycles. The topological polar surface area (TPSA) is 0 Å². The third-order valence-corrected chi connectivity index (χ3v) is 20.6. The van der Waals surface area contributed by atoms with Crippen molar-refractivity contribution in [3.63, 3.8) is 0 Å². The minimum atomic E-state index is -1.02. The first-order valence-corrected chi connectivity index (χ1v) is 15.1. The van der Waals surface area contributed by atoms with Gasteiger partial charge in [-0.1, -0.05) is 0 Å². The first kappa shape index (κ1) is 22.7. The fourth-order valence-corrected chi connectivity index (χ4v) is 17.7. The van der Waals surface area contributed by atoms with Crippen LogP contribution < -0.4 is 24.8 Å². The summed E-state index contributed by atoms with van der Waals surface area (Å²) in [5.74, 6) is 0. The van der Waals surface area contributed by atoms with Crippen LogP contribution in [0.15, 0.2) is 40.7 Å². The fraction of sp³-hybridized carbons (Fsp3) is 0.600. The average molecular weight is 548 g/mol.